The summed E-state index contributed by atoms with van der Waals surface area (Å²) in [5.74, 6) is 0.573. The number of hydrogen-bond acceptors (Lipinski definition) is 4. The Morgan fingerprint density at radius 2 is 1.74 bits per heavy atom. The highest BCUT2D eigenvalue weighted by molar-refractivity contribution is 5.88. The van der Waals surface area contributed by atoms with Crippen LogP contribution >= 0.6 is 0 Å². The molecule has 1 saturated heterocycles. The van der Waals surface area contributed by atoms with E-state index in [0.29, 0.717) is 24.5 Å². The third-order valence-corrected chi connectivity index (χ3v) is 5.02. The number of para-hydroxylation sites is 2. The van der Waals surface area contributed by atoms with Crippen molar-refractivity contribution in [3.8, 4) is 5.75 Å². The van der Waals surface area contributed by atoms with Gasteiger partial charge >= 0.3 is 6.09 Å². The molecule has 0 saturated carbocycles. The van der Waals surface area contributed by atoms with E-state index in [1.54, 1.807) is 19.2 Å². The zero-order chi connectivity index (χ0) is 19.2. The Morgan fingerprint density at radius 1 is 1.07 bits per heavy atom. The molecule has 0 bridgehead atoms. The molecule has 1 aliphatic heterocycles. The minimum Gasteiger partial charge on any atom is -0.495 e. The number of carboxylic acid groups (broad SMARTS) is 1. The number of ether oxygens (including phenoxy) is 1. The SMILES string of the molecule is COc1ccccc1N(CCN1CCN(c2ccc(C)cc2)CC1)C(=O)O. The van der Waals surface area contributed by atoms with Crippen LogP contribution in [0.2, 0.25) is 0 Å². The lowest BCUT2D eigenvalue weighted by Crippen LogP contribution is -2.49. The second-order valence-corrected chi connectivity index (χ2v) is 6.77. The van der Waals surface area contributed by atoms with Crippen LogP contribution < -0.4 is 14.5 Å². The molecule has 1 heterocycles. The molecular formula is C21H27N3O3. The van der Waals surface area contributed by atoms with Gasteiger partial charge in [-0.2, -0.15) is 0 Å². The molecule has 0 unspecified atom stereocenters. The molecule has 0 radical (unpaired) electrons. The molecule has 2 aromatic carbocycles. The number of rotatable bonds is 6. The van der Waals surface area contributed by atoms with E-state index in [1.807, 2.05) is 12.1 Å². The molecule has 144 valence electrons. The Morgan fingerprint density at radius 3 is 2.37 bits per heavy atom. The van der Waals surface area contributed by atoms with Crippen molar-refractivity contribution < 1.29 is 14.6 Å². The molecule has 0 spiro atoms. The molecule has 3 rings (SSSR count). The Balaban J connectivity index is 1.56. The molecule has 2 aromatic rings. The van der Waals surface area contributed by atoms with Crippen molar-refractivity contribution in [2.24, 2.45) is 0 Å². The van der Waals surface area contributed by atoms with E-state index in [0.717, 1.165) is 26.2 Å². The normalized spacial score (nSPS) is 14.8. The monoisotopic (exact) mass is 369 g/mol. The van der Waals surface area contributed by atoms with Crippen LogP contribution in [0.1, 0.15) is 5.56 Å². The number of anilines is 2. The van der Waals surface area contributed by atoms with E-state index in [4.69, 9.17) is 4.74 Å². The van der Waals surface area contributed by atoms with Gasteiger partial charge in [0, 0.05) is 45.0 Å². The molecule has 1 fully saturated rings. The smallest absolute Gasteiger partial charge is 0.411 e. The molecule has 27 heavy (non-hydrogen) atoms. The number of nitrogens with zero attached hydrogens (tertiary/aromatic N) is 3. The summed E-state index contributed by atoms with van der Waals surface area (Å²) in [6.07, 6.45) is -0.960. The average Bonchev–Trinajstić information content (AvgIpc) is 2.69. The second kappa shape index (κ2) is 8.77. The topological polar surface area (TPSA) is 56.2 Å². The Kier molecular flexibility index (Phi) is 6.19. The van der Waals surface area contributed by atoms with E-state index in [2.05, 4.69) is 41.0 Å². The molecule has 1 N–H and O–H groups in total. The van der Waals surface area contributed by atoms with E-state index >= 15 is 0 Å². The van der Waals surface area contributed by atoms with Gasteiger partial charge in [-0.25, -0.2) is 4.79 Å². The standard InChI is InChI=1S/C21H27N3O3/c1-17-7-9-18(10-8-17)23-14-11-22(12-15-23)13-16-24(21(25)26)19-5-3-4-6-20(19)27-2/h3-10H,11-16H2,1-2H3,(H,25,26). The van der Waals surface area contributed by atoms with Gasteiger partial charge in [-0.15, -0.1) is 0 Å². The lowest BCUT2D eigenvalue weighted by Gasteiger charge is -2.37. The Bertz CT molecular complexity index is 756. The lowest BCUT2D eigenvalue weighted by molar-refractivity contribution is 0.198. The van der Waals surface area contributed by atoms with E-state index < -0.39 is 6.09 Å². The molecule has 1 aliphatic rings. The minimum absolute atomic E-state index is 0.417. The zero-order valence-corrected chi connectivity index (χ0v) is 16.0. The molecule has 6 heteroatoms. The van der Waals surface area contributed by atoms with Crippen LogP contribution in [0.15, 0.2) is 48.5 Å². The van der Waals surface area contributed by atoms with Crippen molar-refractivity contribution >= 4 is 17.5 Å². The van der Waals surface area contributed by atoms with Gasteiger partial charge in [0.05, 0.1) is 12.8 Å². The summed E-state index contributed by atoms with van der Waals surface area (Å²) in [5, 5.41) is 9.63. The summed E-state index contributed by atoms with van der Waals surface area (Å²) in [7, 11) is 1.56. The van der Waals surface area contributed by atoms with E-state index in [9.17, 15) is 9.90 Å². The Hall–Kier alpha value is -2.73. The van der Waals surface area contributed by atoms with Gasteiger partial charge in [0.2, 0.25) is 0 Å². The van der Waals surface area contributed by atoms with Gasteiger partial charge in [-0.3, -0.25) is 9.80 Å². The fraction of sp³-hybridized carbons (Fsp3) is 0.381. The number of piperazine rings is 1. The first-order chi connectivity index (χ1) is 13.1. The average molecular weight is 369 g/mol. The predicted octanol–water partition coefficient (Wildman–Crippen LogP) is 3.31. The molecule has 1 amide bonds. The van der Waals surface area contributed by atoms with Crippen molar-refractivity contribution in [1.29, 1.82) is 0 Å². The van der Waals surface area contributed by atoms with Crippen LogP contribution in [0.4, 0.5) is 16.2 Å². The number of hydrogen-bond donors (Lipinski definition) is 1. The van der Waals surface area contributed by atoms with Crippen LogP contribution in [0.3, 0.4) is 0 Å². The van der Waals surface area contributed by atoms with Crippen LogP contribution in [-0.2, 0) is 0 Å². The third-order valence-electron chi connectivity index (χ3n) is 5.02. The first-order valence-electron chi connectivity index (χ1n) is 9.26. The van der Waals surface area contributed by atoms with Crippen LogP contribution in [0.25, 0.3) is 0 Å². The number of carbonyl (C=O) groups is 1. The predicted molar refractivity (Wildman–Crippen MR) is 108 cm³/mol. The van der Waals surface area contributed by atoms with Crippen LogP contribution in [0.5, 0.6) is 5.75 Å². The highest BCUT2D eigenvalue weighted by Crippen LogP contribution is 2.27. The molecular weight excluding hydrogens is 342 g/mol. The van der Waals surface area contributed by atoms with Gasteiger partial charge in [0.1, 0.15) is 5.75 Å². The summed E-state index contributed by atoms with van der Waals surface area (Å²) in [6, 6.07) is 15.8. The maximum absolute atomic E-state index is 11.7. The first-order valence-corrected chi connectivity index (χ1v) is 9.26. The van der Waals surface area contributed by atoms with Gasteiger partial charge < -0.3 is 14.7 Å². The summed E-state index contributed by atoms with van der Waals surface area (Å²) < 4.78 is 5.31. The number of amides is 1. The Labute approximate surface area is 160 Å². The van der Waals surface area contributed by atoms with Gasteiger partial charge in [0.25, 0.3) is 0 Å². The van der Waals surface area contributed by atoms with Gasteiger partial charge in [-0.05, 0) is 31.2 Å². The zero-order valence-electron chi connectivity index (χ0n) is 16.0. The van der Waals surface area contributed by atoms with Gasteiger partial charge in [0.15, 0.2) is 0 Å². The number of methoxy groups -OCH3 is 1. The molecule has 0 aromatic heterocycles. The minimum atomic E-state index is -0.960. The largest absolute Gasteiger partial charge is 0.495 e. The van der Waals surface area contributed by atoms with Crippen molar-refractivity contribution in [1.82, 2.24) is 4.90 Å². The maximum atomic E-state index is 11.7. The molecule has 0 aliphatic carbocycles. The summed E-state index contributed by atoms with van der Waals surface area (Å²) in [4.78, 5) is 17.8. The first kappa shape index (κ1) is 19.0. The summed E-state index contributed by atoms with van der Waals surface area (Å²) in [5.41, 5.74) is 3.11. The number of benzene rings is 2. The second-order valence-electron chi connectivity index (χ2n) is 6.77. The quantitative estimate of drug-likeness (QED) is 0.847. The highest BCUT2D eigenvalue weighted by atomic mass is 16.5. The van der Waals surface area contributed by atoms with Crippen molar-refractivity contribution in [2.75, 3.05) is 56.2 Å². The lowest BCUT2D eigenvalue weighted by atomic mass is 10.2. The summed E-state index contributed by atoms with van der Waals surface area (Å²) >= 11 is 0. The molecule has 0 atom stereocenters. The highest BCUT2D eigenvalue weighted by Gasteiger charge is 2.21. The maximum Gasteiger partial charge on any atom is 0.411 e. The third kappa shape index (κ3) is 4.71. The van der Waals surface area contributed by atoms with Crippen molar-refractivity contribution in [3.05, 3.63) is 54.1 Å². The number of aryl methyl sites for hydroxylation is 1. The van der Waals surface area contributed by atoms with E-state index in [1.165, 1.54) is 16.2 Å². The fourth-order valence-electron chi connectivity index (χ4n) is 3.40. The summed E-state index contributed by atoms with van der Waals surface area (Å²) in [6.45, 7) is 6.96. The van der Waals surface area contributed by atoms with Gasteiger partial charge in [-0.1, -0.05) is 29.8 Å². The fourth-order valence-corrected chi connectivity index (χ4v) is 3.40. The van der Waals surface area contributed by atoms with E-state index in [-0.39, 0.29) is 0 Å². The molecule has 6 nitrogen and oxygen atoms in total. The van der Waals surface area contributed by atoms with Crippen molar-refractivity contribution in [3.63, 3.8) is 0 Å². The van der Waals surface area contributed by atoms with Crippen LogP contribution in [-0.4, -0.2) is 62.5 Å². The van der Waals surface area contributed by atoms with Crippen LogP contribution in [0, 0.1) is 6.92 Å². The van der Waals surface area contributed by atoms with Crippen molar-refractivity contribution in [2.45, 2.75) is 6.92 Å².